The number of hydrogen-bond acceptors (Lipinski definition) is 4. The number of benzene rings is 2. The van der Waals surface area contributed by atoms with Gasteiger partial charge in [-0.05, 0) is 35.9 Å². The zero-order valence-electron chi connectivity index (χ0n) is 11.8. The van der Waals surface area contributed by atoms with Crippen LogP contribution in [0, 0.1) is 0 Å². The second-order valence-corrected chi connectivity index (χ2v) is 6.42. The fourth-order valence-electron chi connectivity index (χ4n) is 2.35. The fraction of sp³-hybridized carbons (Fsp3) is 0. The number of fused-ring (bicyclic) bond motifs is 1. The molecule has 2 aromatic carbocycles. The summed E-state index contributed by atoms with van der Waals surface area (Å²) in [4.78, 5) is 13.3. The largest absolute Gasteiger partial charge is 0.276 e. The lowest BCUT2D eigenvalue weighted by molar-refractivity contribution is 1.09. The Morgan fingerprint density at radius 2 is 1.74 bits per heavy atom. The van der Waals surface area contributed by atoms with Crippen molar-refractivity contribution in [1.29, 1.82) is 0 Å². The Hall–Kier alpha value is -2.50. The molecule has 0 amide bonds. The highest BCUT2D eigenvalue weighted by atomic mass is 35.5. The smallest absolute Gasteiger partial charge is 0.267 e. The maximum atomic E-state index is 12.7. The Bertz CT molecular complexity index is 1080. The second kappa shape index (κ2) is 5.61. The molecule has 0 N–H and O–H groups in total. The van der Waals surface area contributed by atoms with Crippen LogP contribution < -0.4 is 10.1 Å². The average Bonchev–Trinajstić information content (AvgIpc) is 3.11. The molecule has 4 rings (SSSR count). The topological polar surface area (TPSA) is 47.3 Å². The van der Waals surface area contributed by atoms with Gasteiger partial charge in [0.05, 0.1) is 4.53 Å². The van der Waals surface area contributed by atoms with Crippen molar-refractivity contribution in [2.45, 2.75) is 0 Å². The molecule has 2 aromatic heterocycles. The van der Waals surface area contributed by atoms with Crippen LogP contribution in [-0.2, 0) is 0 Å². The zero-order chi connectivity index (χ0) is 15.8. The minimum Gasteiger partial charge on any atom is -0.267 e. The van der Waals surface area contributed by atoms with Gasteiger partial charge >= 0.3 is 0 Å². The Morgan fingerprint density at radius 1 is 1.00 bits per heavy atom. The maximum Gasteiger partial charge on any atom is 0.276 e. The molecule has 0 atom stereocenters. The highest BCUT2D eigenvalue weighted by molar-refractivity contribution is 7.15. The summed E-state index contributed by atoms with van der Waals surface area (Å²) in [6, 6.07) is 16.9. The molecule has 0 bridgehead atoms. The van der Waals surface area contributed by atoms with Crippen molar-refractivity contribution in [3.05, 3.63) is 80.1 Å². The molecule has 0 saturated heterocycles. The lowest BCUT2D eigenvalue weighted by Gasteiger charge is -1.96. The summed E-state index contributed by atoms with van der Waals surface area (Å²) in [6.45, 7) is 0. The van der Waals surface area contributed by atoms with Crippen LogP contribution in [0.4, 0.5) is 0 Å². The van der Waals surface area contributed by atoms with E-state index in [1.165, 1.54) is 11.3 Å². The first-order valence-corrected chi connectivity index (χ1v) is 8.12. The van der Waals surface area contributed by atoms with Gasteiger partial charge in [0.25, 0.3) is 5.56 Å². The fourth-order valence-corrected chi connectivity index (χ4v) is 3.39. The van der Waals surface area contributed by atoms with Crippen LogP contribution in [0.2, 0.25) is 5.02 Å². The van der Waals surface area contributed by atoms with E-state index in [2.05, 4.69) is 10.2 Å². The van der Waals surface area contributed by atoms with Gasteiger partial charge in [0.2, 0.25) is 4.96 Å². The monoisotopic (exact) mass is 339 g/mol. The molecule has 0 aliphatic rings. The lowest BCUT2D eigenvalue weighted by Crippen LogP contribution is -2.23. The van der Waals surface area contributed by atoms with Crippen LogP contribution >= 0.6 is 22.9 Å². The molecule has 6 heteroatoms. The molecule has 0 aliphatic carbocycles. The minimum absolute atomic E-state index is 0.108. The van der Waals surface area contributed by atoms with Gasteiger partial charge in [0, 0.05) is 10.6 Å². The molecule has 0 saturated carbocycles. The van der Waals surface area contributed by atoms with Crippen molar-refractivity contribution in [2.24, 2.45) is 0 Å². The highest BCUT2D eigenvalue weighted by Crippen LogP contribution is 2.20. The average molecular weight is 340 g/mol. The Labute approximate surface area is 140 Å². The summed E-state index contributed by atoms with van der Waals surface area (Å²) in [5.74, 6) is 0.533. The first kappa shape index (κ1) is 14.1. The van der Waals surface area contributed by atoms with E-state index < -0.39 is 0 Å². The predicted molar refractivity (Wildman–Crippen MR) is 92.8 cm³/mol. The molecule has 4 aromatic rings. The molecular formula is C17H10ClN3OS. The molecular weight excluding hydrogens is 330 g/mol. The number of hydrogen-bond donors (Lipinski definition) is 0. The third kappa shape index (κ3) is 2.54. The van der Waals surface area contributed by atoms with E-state index in [1.807, 2.05) is 48.5 Å². The van der Waals surface area contributed by atoms with Gasteiger partial charge in [-0.3, -0.25) is 4.79 Å². The van der Waals surface area contributed by atoms with Gasteiger partial charge in [-0.15, -0.1) is 10.2 Å². The van der Waals surface area contributed by atoms with Crippen molar-refractivity contribution in [2.75, 3.05) is 0 Å². The molecule has 0 unspecified atom stereocenters. The molecule has 0 fully saturated rings. The lowest BCUT2D eigenvalue weighted by atomic mass is 10.2. The number of rotatable bonds is 2. The van der Waals surface area contributed by atoms with Crippen LogP contribution in [0.15, 0.2) is 59.4 Å². The van der Waals surface area contributed by atoms with Crippen molar-refractivity contribution < 1.29 is 0 Å². The van der Waals surface area contributed by atoms with Crippen LogP contribution in [0.1, 0.15) is 5.56 Å². The van der Waals surface area contributed by atoms with Crippen molar-refractivity contribution in [1.82, 2.24) is 14.6 Å². The number of nitrogens with zero attached hydrogens (tertiary/aromatic N) is 3. The Balaban J connectivity index is 1.92. The SMILES string of the molecule is O=c1/c(=C/c2ccccc2)sc2nnc(-c3ccc(Cl)cc3)n12. The van der Waals surface area contributed by atoms with E-state index in [1.54, 1.807) is 16.5 Å². The highest BCUT2D eigenvalue weighted by Gasteiger charge is 2.13. The Morgan fingerprint density at radius 3 is 2.48 bits per heavy atom. The van der Waals surface area contributed by atoms with E-state index in [0.29, 0.717) is 20.3 Å². The summed E-state index contributed by atoms with van der Waals surface area (Å²) in [6.07, 6.45) is 1.87. The van der Waals surface area contributed by atoms with Gasteiger partial charge in [0.15, 0.2) is 5.82 Å². The van der Waals surface area contributed by atoms with E-state index in [-0.39, 0.29) is 5.56 Å². The van der Waals surface area contributed by atoms with Gasteiger partial charge in [-0.2, -0.15) is 0 Å². The van der Waals surface area contributed by atoms with Crippen molar-refractivity contribution >= 4 is 34.0 Å². The predicted octanol–water partition coefficient (Wildman–Crippen LogP) is 3.02. The third-order valence-electron chi connectivity index (χ3n) is 3.45. The van der Waals surface area contributed by atoms with E-state index >= 15 is 0 Å². The molecule has 4 nitrogen and oxygen atoms in total. The summed E-state index contributed by atoms with van der Waals surface area (Å²) in [5, 5.41) is 8.89. The summed E-state index contributed by atoms with van der Waals surface area (Å²) in [5.41, 5.74) is 1.68. The van der Waals surface area contributed by atoms with Crippen LogP contribution in [0.25, 0.3) is 22.4 Å². The first-order chi connectivity index (χ1) is 11.2. The Kier molecular flexibility index (Phi) is 3.44. The van der Waals surface area contributed by atoms with Crippen molar-refractivity contribution in [3.8, 4) is 11.4 Å². The molecule has 23 heavy (non-hydrogen) atoms. The van der Waals surface area contributed by atoms with Gasteiger partial charge in [-0.1, -0.05) is 53.3 Å². The normalized spacial score (nSPS) is 12.1. The first-order valence-electron chi connectivity index (χ1n) is 6.93. The second-order valence-electron chi connectivity index (χ2n) is 4.97. The van der Waals surface area contributed by atoms with Crippen LogP contribution in [0.5, 0.6) is 0 Å². The maximum absolute atomic E-state index is 12.7. The zero-order valence-corrected chi connectivity index (χ0v) is 13.4. The van der Waals surface area contributed by atoms with E-state index in [4.69, 9.17) is 11.6 Å². The summed E-state index contributed by atoms with van der Waals surface area (Å²) in [7, 11) is 0. The third-order valence-corrected chi connectivity index (χ3v) is 4.66. The summed E-state index contributed by atoms with van der Waals surface area (Å²) >= 11 is 7.24. The number of thiazole rings is 1. The molecule has 0 radical (unpaired) electrons. The van der Waals surface area contributed by atoms with Crippen LogP contribution in [0.3, 0.4) is 0 Å². The van der Waals surface area contributed by atoms with Gasteiger partial charge in [-0.25, -0.2) is 4.40 Å². The van der Waals surface area contributed by atoms with Crippen LogP contribution in [-0.4, -0.2) is 14.6 Å². The summed E-state index contributed by atoms with van der Waals surface area (Å²) < 4.78 is 2.18. The molecule has 0 spiro atoms. The standard InChI is InChI=1S/C17H10ClN3OS/c18-13-8-6-12(7-9-13)15-19-20-17-21(15)16(22)14(23-17)10-11-4-2-1-3-5-11/h1-10H/b14-10-. The number of halogens is 1. The van der Waals surface area contributed by atoms with E-state index in [0.717, 1.165) is 11.1 Å². The van der Waals surface area contributed by atoms with Crippen molar-refractivity contribution in [3.63, 3.8) is 0 Å². The minimum atomic E-state index is -0.108. The van der Waals surface area contributed by atoms with Gasteiger partial charge < -0.3 is 0 Å². The van der Waals surface area contributed by atoms with E-state index in [9.17, 15) is 4.79 Å². The number of aromatic nitrogens is 3. The quantitative estimate of drug-likeness (QED) is 0.564. The molecule has 2 heterocycles. The molecule has 112 valence electrons. The van der Waals surface area contributed by atoms with Gasteiger partial charge in [0.1, 0.15) is 0 Å². The molecule has 0 aliphatic heterocycles.